The Labute approximate surface area is 117 Å². The molecule has 2 atom stereocenters. The molecule has 0 amide bonds. The first-order chi connectivity index (χ1) is 9.28. The number of rotatable bonds is 5. The van der Waals surface area contributed by atoms with E-state index in [1.165, 1.54) is 44.9 Å². The largest absolute Gasteiger partial charge is 0.380 e. The predicted molar refractivity (Wildman–Crippen MR) is 77.2 cm³/mol. The maximum absolute atomic E-state index is 11.5. The lowest BCUT2D eigenvalue weighted by atomic mass is 9.83. The summed E-state index contributed by atoms with van der Waals surface area (Å²) in [4.78, 5) is 14.0. The molecule has 19 heavy (non-hydrogen) atoms. The van der Waals surface area contributed by atoms with Crippen molar-refractivity contribution in [2.75, 3.05) is 32.8 Å². The van der Waals surface area contributed by atoms with Gasteiger partial charge in [0.15, 0.2) is 0 Å². The van der Waals surface area contributed by atoms with Crippen molar-refractivity contribution in [2.45, 2.75) is 51.9 Å². The molecule has 0 aromatic heterocycles. The SMILES string of the molecule is CCCC1CCCN(CC2(C=O)CCCOC2)CC1. The molecule has 2 aliphatic rings. The zero-order valence-electron chi connectivity index (χ0n) is 12.4. The van der Waals surface area contributed by atoms with Gasteiger partial charge in [0.05, 0.1) is 12.0 Å². The Kier molecular flexibility index (Phi) is 5.83. The molecule has 0 aromatic carbocycles. The third kappa shape index (κ3) is 4.28. The van der Waals surface area contributed by atoms with Gasteiger partial charge < -0.3 is 14.4 Å². The average Bonchev–Trinajstić information content (AvgIpc) is 2.66. The van der Waals surface area contributed by atoms with Crippen LogP contribution in [0.4, 0.5) is 0 Å². The second-order valence-electron chi connectivity index (χ2n) is 6.50. The molecule has 3 nitrogen and oxygen atoms in total. The van der Waals surface area contributed by atoms with Gasteiger partial charge in [-0.2, -0.15) is 0 Å². The molecule has 2 rings (SSSR count). The van der Waals surface area contributed by atoms with Crippen LogP contribution in [0.15, 0.2) is 0 Å². The minimum Gasteiger partial charge on any atom is -0.380 e. The number of hydrogen-bond acceptors (Lipinski definition) is 3. The molecule has 3 heteroatoms. The molecule has 0 saturated carbocycles. The smallest absolute Gasteiger partial charge is 0.129 e. The summed E-state index contributed by atoms with van der Waals surface area (Å²) in [5.74, 6) is 0.907. The number of nitrogens with zero attached hydrogens (tertiary/aromatic N) is 1. The second-order valence-corrected chi connectivity index (χ2v) is 6.50. The summed E-state index contributed by atoms with van der Waals surface area (Å²) in [7, 11) is 0. The minimum absolute atomic E-state index is 0.219. The Morgan fingerprint density at radius 2 is 2.21 bits per heavy atom. The van der Waals surface area contributed by atoms with Gasteiger partial charge in [0.2, 0.25) is 0 Å². The molecule has 0 spiro atoms. The van der Waals surface area contributed by atoms with Gasteiger partial charge in [-0.3, -0.25) is 0 Å². The van der Waals surface area contributed by atoms with Crippen LogP contribution in [-0.4, -0.2) is 44.0 Å². The van der Waals surface area contributed by atoms with E-state index in [1.807, 2.05) is 0 Å². The molecule has 0 aromatic rings. The molecular formula is C16H29NO2. The number of carbonyl (C=O) groups excluding carboxylic acids is 1. The van der Waals surface area contributed by atoms with Crippen molar-refractivity contribution in [1.82, 2.24) is 4.90 Å². The van der Waals surface area contributed by atoms with Crippen molar-refractivity contribution in [1.29, 1.82) is 0 Å². The molecule has 2 fully saturated rings. The van der Waals surface area contributed by atoms with Crippen LogP contribution in [0.25, 0.3) is 0 Å². The molecule has 2 aliphatic heterocycles. The monoisotopic (exact) mass is 267 g/mol. The first-order valence-corrected chi connectivity index (χ1v) is 8.04. The molecule has 2 heterocycles. The summed E-state index contributed by atoms with van der Waals surface area (Å²) in [6.45, 7) is 6.98. The van der Waals surface area contributed by atoms with Crippen LogP contribution in [0, 0.1) is 11.3 Å². The van der Waals surface area contributed by atoms with Crippen LogP contribution in [0.1, 0.15) is 51.9 Å². The normalized spacial score (nSPS) is 33.8. The summed E-state index contributed by atoms with van der Waals surface area (Å²) in [5.41, 5.74) is -0.219. The number of ether oxygens (including phenoxy) is 1. The van der Waals surface area contributed by atoms with Crippen molar-refractivity contribution < 1.29 is 9.53 Å². The fourth-order valence-corrected chi connectivity index (χ4v) is 3.65. The van der Waals surface area contributed by atoms with Crippen LogP contribution in [0.3, 0.4) is 0 Å². The Bertz CT molecular complexity index is 274. The fourth-order valence-electron chi connectivity index (χ4n) is 3.65. The van der Waals surface area contributed by atoms with Gasteiger partial charge in [-0.05, 0) is 51.1 Å². The quantitative estimate of drug-likeness (QED) is 0.717. The highest BCUT2D eigenvalue weighted by Gasteiger charge is 2.35. The van der Waals surface area contributed by atoms with E-state index in [4.69, 9.17) is 4.74 Å². The van der Waals surface area contributed by atoms with Gasteiger partial charge >= 0.3 is 0 Å². The van der Waals surface area contributed by atoms with E-state index < -0.39 is 0 Å². The van der Waals surface area contributed by atoms with Crippen LogP contribution in [0.5, 0.6) is 0 Å². The maximum atomic E-state index is 11.5. The topological polar surface area (TPSA) is 29.5 Å². The highest BCUT2D eigenvalue weighted by Crippen LogP contribution is 2.29. The van der Waals surface area contributed by atoms with E-state index in [9.17, 15) is 4.79 Å². The van der Waals surface area contributed by atoms with Crippen molar-refractivity contribution in [3.05, 3.63) is 0 Å². The van der Waals surface area contributed by atoms with Gasteiger partial charge in [-0.1, -0.05) is 19.8 Å². The van der Waals surface area contributed by atoms with Crippen LogP contribution in [-0.2, 0) is 9.53 Å². The summed E-state index contributed by atoms with van der Waals surface area (Å²) < 4.78 is 5.55. The molecular weight excluding hydrogens is 238 g/mol. The molecule has 0 bridgehead atoms. The highest BCUT2D eigenvalue weighted by atomic mass is 16.5. The van der Waals surface area contributed by atoms with Crippen LogP contribution in [0.2, 0.25) is 0 Å². The van der Waals surface area contributed by atoms with Gasteiger partial charge in [-0.15, -0.1) is 0 Å². The first-order valence-electron chi connectivity index (χ1n) is 8.04. The molecule has 110 valence electrons. The van der Waals surface area contributed by atoms with Gasteiger partial charge in [0.25, 0.3) is 0 Å². The standard InChI is InChI=1S/C16H29NO2/c1-2-5-15-6-3-9-17(10-7-15)12-16(13-18)8-4-11-19-14-16/h13,15H,2-12,14H2,1H3. The van der Waals surface area contributed by atoms with E-state index >= 15 is 0 Å². The summed E-state index contributed by atoms with van der Waals surface area (Å²) in [6, 6.07) is 0. The van der Waals surface area contributed by atoms with Gasteiger partial charge in [0, 0.05) is 13.2 Å². The van der Waals surface area contributed by atoms with Crippen molar-refractivity contribution in [3.63, 3.8) is 0 Å². The Balaban J connectivity index is 1.85. The van der Waals surface area contributed by atoms with Crippen LogP contribution >= 0.6 is 0 Å². The van der Waals surface area contributed by atoms with E-state index in [-0.39, 0.29) is 5.41 Å². The highest BCUT2D eigenvalue weighted by molar-refractivity contribution is 5.60. The maximum Gasteiger partial charge on any atom is 0.129 e. The number of likely N-dealkylation sites (tertiary alicyclic amines) is 1. The predicted octanol–water partition coefficient (Wildman–Crippen LogP) is 2.88. The lowest BCUT2D eigenvalue weighted by molar-refractivity contribution is -0.125. The summed E-state index contributed by atoms with van der Waals surface area (Å²) in [5, 5.41) is 0. The molecule has 0 aliphatic carbocycles. The van der Waals surface area contributed by atoms with E-state index in [1.54, 1.807) is 0 Å². The Hall–Kier alpha value is -0.410. The fraction of sp³-hybridized carbons (Fsp3) is 0.938. The lowest BCUT2D eigenvalue weighted by Gasteiger charge is -2.36. The Morgan fingerprint density at radius 1 is 1.32 bits per heavy atom. The van der Waals surface area contributed by atoms with Crippen molar-refractivity contribution in [3.8, 4) is 0 Å². The van der Waals surface area contributed by atoms with Gasteiger partial charge in [0.1, 0.15) is 6.29 Å². The number of aldehydes is 1. The third-order valence-corrected chi connectivity index (χ3v) is 4.78. The molecule has 0 radical (unpaired) electrons. The zero-order valence-corrected chi connectivity index (χ0v) is 12.4. The van der Waals surface area contributed by atoms with E-state index in [2.05, 4.69) is 11.8 Å². The summed E-state index contributed by atoms with van der Waals surface area (Å²) in [6.07, 6.45) is 9.85. The van der Waals surface area contributed by atoms with Gasteiger partial charge in [-0.25, -0.2) is 0 Å². The Morgan fingerprint density at radius 3 is 2.89 bits per heavy atom. The molecule has 0 N–H and O–H groups in total. The first kappa shape index (κ1) is 15.0. The number of carbonyl (C=O) groups is 1. The van der Waals surface area contributed by atoms with Crippen LogP contribution < -0.4 is 0 Å². The minimum atomic E-state index is -0.219. The number of hydrogen-bond donors (Lipinski definition) is 0. The summed E-state index contributed by atoms with van der Waals surface area (Å²) >= 11 is 0. The van der Waals surface area contributed by atoms with Crippen molar-refractivity contribution in [2.24, 2.45) is 11.3 Å². The third-order valence-electron chi connectivity index (χ3n) is 4.78. The lowest BCUT2D eigenvalue weighted by Crippen LogP contribution is -2.44. The van der Waals surface area contributed by atoms with E-state index in [0.29, 0.717) is 6.61 Å². The zero-order chi connectivity index (χ0) is 13.6. The van der Waals surface area contributed by atoms with E-state index in [0.717, 1.165) is 38.5 Å². The molecule has 2 unspecified atom stereocenters. The second kappa shape index (κ2) is 7.39. The average molecular weight is 267 g/mol. The van der Waals surface area contributed by atoms with Crippen molar-refractivity contribution >= 4 is 6.29 Å². The molecule has 2 saturated heterocycles.